The summed E-state index contributed by atoms with van der Waals surface area (Å²) >= 11 is 0. The third-order valence-corrected chi connectivity index (χ3v) is 5.26. The Labute approximate surface area is 158 Å². The second-order valence-corrected chi connectivity index (χ2v) is 7.17. The second-order valence-electron chi connectivity index (χ2n) is 7.17. The molecule has 2 aliphatic rings. The molecule has 1 aliphatic heterocycles. The SMILES string of the molecule is O=C(CCc1cc2n(n1)CCCN(c1ncnc3c1CCC3)C2)NCCO. The zero-order valence-electron chi connectivity index (χ0n) is 15.5. The smallest absolute Gasteiger partial charge is 0.220 e. The number of aromatic nitrogens is 4. The molecule has 3 heterocycles. The minimum absolute atomic E-state index is 0.0346. The molecule has 0 aromatic carbocycles. The number of nitrogens with zero attached hydrogens (tertiary/aromatic N) is 5. The molecule has 2 aromatic rings. The van der Waals surface area contributed by atoms with Crippen LogP contribution >= 0.6 is 0 Å². The lowest BCUT2D eigenvalue weighted by atomic mass is 10.2. The van der Waals surface area contributed by atoms with Crippen molar-refractivity contribution in [2.24, 2.45) is 0 Å². The van der Waals surface area contributed by atoms with Gasteiger partial charge in [-0.1, -0.05) is 0 Å². The highest BCUT2D eigenvalue weighted by atomic mass is 16.3. The lowest BCUT2D eigenvalue weighted by Crippen LogP contribution is -2.26. The Hall–Kier alpha value is -2.48. The summed E-state index contributed by atoms with van der Waals surface area (Å²) in [6.45, 7) is 2.90. The molecule has 0 unspecified atom stereocenters. The highest BCUT2D eigenvalue weighted by Crippen LogP contribution is 2.29. The van der Waals surface area contributed by atoms with E-state index in [4.69, 9.17) is 10.2 Å². The van der Waals surface area contributed by atoms with Gasteiger partial charge in [-0.25, -0.2) is 9.97 Å². The molecule has 8 heteroatoms. The van der Waals surface area contributed by atoms with Gasteiger partial charge in [0.15, 0.2) is 0 Å². The van der Waals surface area contributed by atoms with Gasteiger partial charge < -0.3 is 15.3 Å². The number of rotatable bonds is 6. The number of hydrogen-bond donors (Lipinski definition) is 2. The lowest BCUT2D eigenvalue weighted by Gasteiger charge is -2.23. The van der Waals surface area contributed by atoms with Gasteiger partial charge in [0.2, 0.25) is 5.91 Å². The van der Waals surface area contributed by atoms with Gasteiger partial charge in [0.1, 0.15) is 12.1 Å². The maximum atomic E-state index is 11.7. The van der Waals surface area contributed by atoms with E-state index in [9.17, 15) is 4.79 Å². The van der Waals surface area contributed by atoms with Gasteiger partial charge in [-0.05, 0) is 31.7 Å². The number of aliphatic hydroxyl groups excluding tert-OH is 1. The van der Waals surface area contributed by atoms with Crippen LogP contribution in [0.3, 0.4) is 0 Å². The van der Waals surface area contributed by atoms with Gasteiger partial charge in [-0.15, -0.1) is 0 Å². The molecule has 0 saturated heterocycles. The number of anilines is 1. The van der Waals surface area contributed by atoms with Crippen molar-refractivity contribution in [2.75, 3.05) is 24.6 Å². The molecule has 144 valence electrons. The third-order valence-electron chi connectivity index (χ3n) is 5.26. The number of nitrogens with one attached hydrogen (secondary N) is 1. The lowest BCUT2D eigenvalue weighted by molar-refractivity contribution is -0.121. The fourth-order valence-corrected chi connectivity index (χ4v) is 3.96. The molecular formula is C19H26N6O2. The van der Waals surface area contributed by atoms with Crippen molar-refractivity contribution < 1.29 is 9.90 Å². The standard InChI is InChI=1S/C19H26N6O2/c26-10-7-20-18(27)6-5-14-11-15-12-24(8-2-9-25(15)23-14)19-16-3-1-4-17(16)21-13-22-19/h11,13,26H,1-10,12H2,(H,20,27). The number of carbonyl (C=O) groups excluding carboxylic acids is 1. The van der Waals surface area contributed by atoms with Crippen molar-refractivity contribution in [3.8, 4) is 0 Å². The average molecular weight is 370 g/mol. The summed E-state index contributed by atoms with van der Waals surface area (Å²) in [4.78, 5) is 23.1. The first-order valence-electron chi connectivity index (χ1n) is 9.75. The molecule has 8 nitrogen and oxygen atoms in total. The van der Waals surface area contributed by atoms with Crippen LogP contribution in [0.4, 0.5) is 5.82 Å². The number of fused-ring (bicyclic) bond motifs is 2. The van der Waals surface area contributed by atoms with Crippen molar-refractivity contribution in [3.05, 3.63) is 35.0 Å². The topological polar surface area (TPSA) is 96.2 Å². The molecule has 0 fully saturated rings. The molecular weight excluding hydrogens is 344 g/mol. The van der Waals surface area contributed by atoms with E-state index in [1.54, 1.807) is 6.33 Å². The van der Waals surface area contributed by atoms with Crippen molar-refractivity contribution in [1.29, 1.82) is 0 Å². The summed E-state index contributed by atoms with van der Waals surface area (Å²) < 4.78 is 2.07. The quantitative estimate of drug-likeness (QED) is 0.774. The molecule has 2 aromatic heterocycles. The number of aliphatic hydroxyl groups is 1. The van der Waals surface area contributed by atoms with Crippen LogP contribution in [0.5, 0.6) is 0 Å². The van der Waals surface area contributed by atoms with E-state index in [1.165, 1.54) is 17.0 Å². The molecule has 0 radical (unpaired) electrons. The Morgan fingerprint density at radius 2 is 2.15 bits per heavy atom. The fourth-order valence-electron chi connectivity index (χ4n) is 3.96. The van der Waals surface area contributed by atoms with E-state index < -0.39 is 0 Å². The zero-order valence-corrected chi connectivity index (χ0v) is 15.5. The summed E-state index contributed by atoms with van der Waals surface area (Å²) in [5.41, 5.74) is 4.63. The highest BCUT2D eigenvalue weighted by molar-refractivity contribution is 5.76. The number of aryl methyl sites for hydroxylation is 3. The monoisotopic (exact) mass is 370 g/mol. The van der Waals surface area contributed by atoms with Gasteiger partial charge in [0, 0.05) is 43.7 Å². The van der Waals surface area contributed by atoms with E-state index in [0.29, 0.717) is 19.4 Å². The van der Waals surface area contributed by atoms with Gasteiger partial charge >= 0.3 is 0 Å². The zero-order chi connectivity index (χ0) is 18.6. The van der Waals surface area contributed by atoms with Crippen LogP contribution in [0, 0.1) is 0 Å². The normalized spacial score (nSPS) is 16.0. The van der Waals surface area contributed by atoms with Crippen LogP contribution in [0.1, 0.15) is 41.9 Å². The van der Waals surface area contributed by atoms with Gasteiger partial charge in [-0.3, -0.25) is 9.48 Å². The predicted molar refractivity (Wildman–Crippen MR) is 100 cm³/mol. The molecule has 27 heavy (non-hydrogen) atoms. The van der Waals surface area contributed by atoms with E-state index >= 15 is 0 Å². The minimum Gasteiger partial charge on any atom is -0.395 e. The van der Waals surface area contributed by atoms with Crippen molar-refractivity contribution in [1.82, 2.24) is 25.1 Å². The van der Waals surface area contributed by atoms with Gasteiger partial charge in [0.25, 0.3) is 0 Å². The Kier molecular flexibility index (Phi) is 5.33. The van der Waals surface area contributed by atoms with Crippen LogP contribution < -0.4 is 10.2 Å². The number of amides is 1. The first-order chi connectivity index (χ1) is 13.2. The van der Waals surface area contributed by atoms with Gasteiger partial charge in [-0.2, -0.15) is 5.10 Å². The Bertz CT molecular complexity index is 819. The molecule has 4 rings (SSSR count). The van der Waals surface area contributed by atoms with E-state index in [2.05, 4.69) is 30.9 Å². The molecule has 0 spiro atoms. The van der Waals surface area contributed by atoms with Crippen LogP contribution in [0.25, 0.3) is 0 Å². The summed E-state index contributed by atoms with van der Waals surface area (Å²) in [7, 11) is 0. The largest absolute Gasteiger partial charge is 0.395 e. The van der Waals surface area contributed by atoms with Crippen molar-refractivity contribution in [3.63, 3.8) is 0 Å². The molecule has 1 aliphatic carbocycles. The number of hydrogen-bond acceptors (Lipinski definition) is 6. The Balaban J connectivity index is 1.46. The summed E-state index contributed by atoms with van der Waals surface area (Å²) in [6, 6.07) is 2.11. The number of carbonyl (C=O) groups is 1. The van der Waals surface area contributed by atoms with Crippen LogP contribution in [0.2, 0.25) is 0 Å². The minimum atomic E-state index is -0.0505. The van der Waals surface area contributed by atoms with E-state index in [0.717, 1.165) is 56.8 Å². The van der Waals surface area contributed by atoms with E-state index in [-0.39, 0.29) is 12.5 Å². The summed E-state index contributed by atoms with van der Waals surface area (Å²) in [5.74, 6) is 1.03. The average Bonchev–Trinajstić information content (AvgIpc) is 3.26. The molecule has 2 N–H and O–H groups in total. The first kappa shape index (κ1) is 17.9. The maximum Gasteiger partial charge on any atom is 0.220 e. The highest BCUT2D eigenvalue weighted by Gasteiger charge is 2.24. The summed E-state index contributed by atoms with van der Waals surface area (Å²) in [5, 5.41) is 16.1. The Morgan fingerprint density at radius 1 is 1.22 bits per heavy atom. The molecule has 1 amide bonds. The van der Waals surface area contributed by atoms with Crippen molar-refractivity contribution in [2.45, 2.75) is 51.6 Å². The third kappa shape index (κ3) is 3.95. The van der Waals surface area contributed by atoms with Crippen molar-refractivity contribution >= 4 is 11.7 Å². The first-order valence-corrected chi connectivity index (χ1v) is 9.75. The molecule has 0 bridgehead atoms. The second kappa shape index (κ2) is 8.04. The molecule has 0 atom stereocenters. The maximum absolute atomic E-state index is 11.7. The fraction of sp³-hybridized carbons (Fsp3) is 0.579. The van der Waals surface area contributed by atoms with E-state index in [1.807, 2.05) is 0 Å². The van der Waals surface area contributed by atoms with Gasteiger partial charge in [0.05, 0.1) is 24.5 Å². The summed E-state index contributed by atoms with van der Waals surface area (Å²) in [6.07, 6.45) is 6.99. The van der Waals surface area contributed by atoms with Crippen LogP contribution in [0.15, 0.2) is 12.4 Å². The van der Waals surface area contributed by atoms with Crippen LogP contribution in [-0.2, 0) is 37.1 Å². The molecule has 0 saturated carbocycles. The Morgan fingerprint density at radius 3 is 3.04 bits per heavy atom. The van der Waals surface area contributed by atoms with Crippen LogP contribution in [-0.4, -0.2) is 50.5 Å². The predicted octanol–water partition coefficient (Wildman–Crippen LogP) is 0.613.